The summed E-state index contributed by atoms with van der Waals surface area (Å²) in [6.07, 6.45) is 4.43. The van der Waals surface area contributed by atoms with Gasteiger partial charge in [-0.05, 0) is 30.3 Å². The second-order valence-electron chi connectivity index (χ2n) is 6.45. The molecule has 0 fully saturated rings. The van der Waals surface area contributed by atoms with Gasteiger partial charge in [-0.2, -0.15) is 0 Å². The molecule has 9 heteroatoms. The maximum atomic E-state index is 12.0. The number of anilines is 2. The molecule has 0 radical (unpaired) electrons. The summed E-state index contributed by atoms with van der Waals surface area (Å²) in [5, 5.41) is -0.499. The summed E-state index contributed by atoms with van der Waals surface area (Å²) in [5.41, 5.74) is 8.28. The van der Waals surface area contributed by atoms with Gasteiger partial charge in [0, 0.05) is 54.9 Å². The van der Waals surface area contributed by atoms with Gasteiger partial charge in [0.25, 0.3) is 0 Å². The van der Waals surface area contributed by atoms with Crippen molar-refractivity contribution in [3.63, 3.8) is 0 Å². The van der Waals surface area contributed by atoms with Crippen LogP contribution < -0.4 is 21.2 Å². The molecule has 0 aliphatic rings. The Kier molecular flexibility index (Phi) is 6.76. The van der Waals surface area contributed by atoms with E-state index in [1.807, 2.05) is 24.1 Å². The largest absolute Gasteiger partial charge is 0.468 e. The molecule has 0 saturated carbocycles. The molecule has 2 rings (SSSR count). The zero-order chi connectivity index (χ0) is 21.8. The molecule has 0 bridgehead atoms. The summed E-state index contributed by atoms with van der Waals surface area (Å²) in [4.78, 5) is 22.0. The van der Waals surface area contributed by atoms with Crippen molar-refractivity contribution in [2.24, 2.45) is 4.99 Å². The van der Waals surface area contributed by atoms with Crippen molar-refractivity contribution in [1.82, 2.24) is 4.98 Å². The average Bonchev–Trinajstić information content (AvgIpc) is 2.64. The van der Waals surface area contributed by atoms with Crippen LogP contribution in [0.25, 0.3) is 12.8 Å². The molecule has 8 nitrogen and oxygen atoms in total. The zero-order valence-electron chi connectivity index (χ0n) is 16.8. The minimum absolute atomic E-state index is 0.0677. The van der Waals surface area contributed by atoms with E-state index in [1.165, 1.54) is 6.07 Å². The van der Waals surface area contributed by atoms with E-state index in [-0.39, 0.29) is 5.69 Å². The van der Waals surface area contributed by atoms with Gasteiger partial charge < -0.3 is 15.4 Å². The summed E-state index contributed by atoms with van der Waals surface area (Å²) in [5.74, 6) is -0.889. The van der Waals surface area contributed by atoms with Gasteiger partial charge in [-0.15, -0.1) is 0 Å². The minimum atomic E-state index is -3.75. The number of aliphatic imine (C=N–C) groups is 1. The molecule has 29 heavy (non-hydrogen) atoms. The standard InChI is InChI=1S/C20H24N4O4S/c1-13-14(6-9-18(23-13)19(20(25)28-4)29(5,26)27)12-24(3)16-7-8-17(21)15(10-16)11-22-2/h6-12,19H,1,21H2,2-5H3/b14-12-,22-11?. The number of hydrogen-bond donors (Lipinski definition) is 1. The van der Waals surface area contributed by atoms with Gasteiger partial charge in [0.2, 0.25) is 0 Å². The van der Waals surface area contributed by atoms with E-state index < -0.39 is 21.1 Å². The van der Waals surface area contributed by atoms with Crippen molar-refractivity contribution in [3.05, 3.63) is 52.2 Å². The third-order valence-electron chi connectivity index (χ3n) is 4.22. The van der Waals surface area contributed by atoms with Crippen LogP contribution in [0.15, 0.2) is 35.3 Å². The molecule has 1 aromatic carbocycles. The van der Waals surface area contributed by atoms with Crippen LogP contribution in [0.5, 0.6) is 0 Å². The molecule has 1 aromatic heterocycles. The molecule has 0 saturated heterocycles. The van der Waals surface area contributed by atoms with Crippen molar-refractivity contribution in [3.8, 4) is 0 Å². The van der Waals surface area contributed by atoms with Crippen molar-refractivity contribution < 1.29 is 17.9 Å². The smallest absolute Gasteiger partial charge is 0.330 e. The summed E-state index contributed by atoms with van der Waals surface area (Å²) >= 11 is 0. The SMILES string of the molecule is C=c1nc(C(C(=O)OC)S(C)(=O)=O)cc/c1=C/N(C)c1ccc(N)c(C=NC)c1. The predicted octanol–water partition coefficient (Wildman–Crippen LogP) is 0.256. The van der Waals surface area contributed by atoms with Gasteiger partial charge in [0.15, 0.2) is 15.1 Å². The number of sulfone groups is 1. The lowest BCUT2D eigenvalue weighted by Crippen LogP contribution is -2.33. The molecule has 2 N–H and O–H groups in total. The first-order valence-electron chi connectivity index (χ1n) is 8.57. The monoisotopic (exact) mass is 416 g/mol. The summed E-state index contributed by atoms with van der Waals surface area (Å²) < 4.78 is 28.6. The zero-order valence-corrected chi connectivity index (χ0v) is 17.6. The van der Waals surface area contributed by atoms with Crippen LogP contribution in [0.4, 0.5) is 11.4 Å². The van der Waals surface area contributed by atoms with Crippen LogP contribution in [0.3, 0.4) is 0 Å². The Morgan fingerprint density at radius 3 is 2.59 bits per heavy atom. The highest BCUT2D eigenvalue weighted by Gasteiger charge is 2.33. The molecule has 154 valence electrons. The van der Waals surface area contributed by atoms with Gasteiger partial charge in [-0.1, -0.05) is 6.58 Å². The highest BCUT2D eigenvalue weighted by Crippen LogP contribution is 2.21. The summed E-state index contributed by atoms with van der Waals surface area (Å²) in [7, 11) is 0.899. The number of nitrogens with zero attached hydrogens (tertiary/aromatic N) is 3. The van der Waals surface area contributed by atoms with Gasteiger partial charge in [-0.25, -0.2) is 8.42 Å². The number of esters is 1. The normalized spacial score (nSPS) is 13.4. The number of methoxy groups -OCH3 is 1. The Balaban J connectivity index is 2.47. The summed E-state index contributed by atoms with van der Waals surface area (Å²) in [6, 6.07) is 8.68. The lowest BCUT2D eigenvalue weighted by Gasteiger charge is -2.16. The van der Waals surface area contributed by atoms with Crippen molar-refractivity contribution in [2.75, 3.05) is 38.1 Å². The number of rotatable bonds is 6. The van der Waals surface area contributed by atoms with Crippen molar-refractivity contribution in [2.45, 2.75) is 5.25 Å². The predicted molar refractivity (Wildman–Crippen MR) is 116 cm³/mol. The van der Waals surface area contributed by atoms with E-state index in [1.54, 1.807) is 31.6 Å². The van der Waals surface area contributed by atoms with Crippen LogP contribution in [0.2, 0.25) is 0 Å². The molecule has 1 atom stereocenters. The minimum Gasteiger partial charge on any atom is -0.468 e. The first-order valence-corrected chi connectivity index (χ1v) is 10.5. The summed E-state index contributed by atoms with van der Waals surface area (Å²) in [6.45, 7) is 3.88. The van der Waals surface area contributed by atoms with Crippen LogP contribution in [-0.2, 0) is 19.4 Å². The van der Waals surface area contributed by atoms with E-state index in [2.05, 4.69) is 21.3 Å². The second kappa shape index (κ2) is 8.87. The number of hydrogen-bond acceptors (Lipinski definition) is 8. The number of nitrogens with two attached hydrogens (primary N) is 1. The molecule has 1 heterocycles. The molecular formula is C20H24N4O4S. The Morgan fingerprint density at radius 1 is 1.34 bits per heavy atom. The van der Waals surface area contributed by atoms with E-state index in [4.69, 9.17) is 5.73 Å². The first kappa shape index (κ1) is 22.1. The highest BCUT2D eigenvalue weighted by molar-refractivity contribution is 7.91. The highest BCUT2D eigenvalue weighted by atomic mass is 32.2. The Morgan fingerprint density at radius 2 is 2.03 bits per heavy atom. The Labute approximate surface area is 170 Å². The molecule has 1 unspecified atom stereocenters. The number of ether oxygens (including phenoxy) is 1. The fourth-order valence-corrected chi connectivity index (χ4v) is 3.75. The lowest BCUT2D eigenvalue weighted by molar-refractivity contribution is -0.140. The van der Waals surface area contributed by atoms with E-state index >= 15 is 0 Å². The van der Waals surface area contributed by atoms with Gasteiger partial charge in [0.05, 0.1) is 18.2 Å². The van der Waals surface area contributed by atoms with E-state index in [9.17, 15) is 13.2 Å². The van der Waals surface area contributed by atoms with Crippen LogP contribution >= 0.6 is 0 Å². The number of carbonyl (C=O) groups excluding carboxylic acids is 1. The average molecular weight is 417 g/mol. The van der Waals surface area contributed by atoms with E-state index in [0.29, 0.717) is 16.3 Å². The van der Waals surface area contributed by atoms with Gasteiger partial charge in [0.1, 0.15) is 0 Å². The first-order chi connectivity index (χ1) is 13.6. The third kappa shape index (κ3) is 5.20. The van der Waals surface area contributed by atoms with Crippen molar-refractivity contribution >= 4 is 46.2 Å². The number of nitrogen functional groups attached to an aromatic ring is 1. The number of aromatic nitrogens is 1. The van der Waals surface area contributed by atoms with Crippen molar-refractivity contribution in [1.29, 1.82) is 0 Å². The fraction of sp³-hybridized carbons (Fsp3) is 0.250. The maximum absolute atomic E-state index is 12.0. The molecule has 0 spiro atoms. The van der Waals surface area contributed by atoms with Crippen LogP contribution in [0.1, 0.15) is 16.5 Å². The number of pyridine rings is 1. The topological polar surface area (TPSA) is 115 Å². The molecule has 0 amide bonds. The Bertz CT molecular complexity index is 1160. The lowest BCUT2D eigenvalue weighted by atomic mass is 10.1. The van der Waals surface area contributed by atoms with E-state index in [0.717, 1.165) is 24.6 Å². The number of benzene rings is 1. The second-order valence-corrected chi connectivity index (χ2v) is 8.58. The Hall–Kier alpha value is -3.20. The molecule has 0 aliphatic carbocycles. The van der Waals surface area contributed by atoms with Gasteiger partial charge in [-0.3, -0.25) is 14.8 Å². The molecule has 2 aromatic rings. The quantitative estimate of drug-likeness (QED) is 0.408. The maximum Gasteiger partial charge on any atom is 0.330 e. The third-order valence-corrected chi connectivity index (χ3v) is 5.51. The van der Waals surface area contributed by atoms with Crippen LogP contribution in [-0.4, -0.2) is 53.0 Å². The fourth-order valence-electron chi connectivity index (χ4n) is 2.73. The molecule has 0 aliphatic heterocycles. The molecular weight excluding hydrogens is 392 g/mol. The number of carbonyl (C=O) groups is 1. The van der Waals surface area contributed by atoms with Crippen LogP contribution in [0, 0.1) is 0 Å². The van der Waals surface area contributed by atoms with Gasteiger partial charge >= 0.3 is 5.97 Å².